The van der Waals surface area contributed by atoms with E-state index < -0.39 is 0 Å². The van der Waals surface area contributed by atoms with E-state index in [1.54, 1.807) is 0 Å². The van der Waals surface area contributed by atoms with Crippen molar-refractivity contribution in [2.75, 3.05) is 0 Å². The number of aryl methyl sites for hydroxylation is 5. The number of carbonyl (C=O) groups excluding carboxylic acids is 2. The lowest BCUT2D eigenvalue weighted by atomic mass is 10.1. The monoisotopic (exact) mass is 399 g/mol. The van der Waals surface area contributed by atoms with Gasteiger partial charge in [0.2, 0.25) is 5.91 Å². The zero-order valence-electron chi connectivity index (χ0n) is 16.8. The first kappa shape index (κ1) is 20.0. The van der Waals surface area contributed by atoms with Crippen LogP contribution in [0.1, 0.15) is 56.1 Å². The number of carbonyl (C=O) groups is 2. The topological polar surface area (TPSA) is 88.4 Å². The van der Waals surface area contributed by atoms with E-state index in [1.807, 2.05) is 44.3 Å². The first-order valence-corrected chi connectivity index (χ1v) is 10.1. The maximum Gasteiger partial charge on any atom is 0.279 e. The SMILES string of the molecule is CCc1sc(C(=O)NNC(=O)CCc2c(C)nc3cc(C)nn3c2C)cc1C. The smallest absolute Gasteiger partial charge is 0.273 e. The molecule has 3 aromatic rings. The van der Waals surface area contributed by atoms with Gasteiger partial charge in [-0.25, -0.2) is 9.50 Å². The Morgan fingerprint density at radius 1 is 1.14 bits per heavy atom. The van der Waals surface area contributed by atoms with E-state index in [0.29, 0.717) is 11.3 Å². The van der Waals surface area contributed by atoms with Crippen molar-refractivity contribution in [3.8, 4) is 0 Å². The molecular weight excluding hydrogens is 374 g/mol. The second-order valence-corrected chi connectivity index (χ2v) is 8.03. The predicted molar refractivity (Wildman–Crippen MR) is 110 cm³/mol. The van der Waals surface area contributed by atoms with Gasteiger partial charge >= 0.3 is 0 Å². The number of rotatable bonds is 5. The molecule has 0 saturated carbocycles. The second-order valence-electron chi connectivity index (χ2n) is 6.89. The fourth-order valence-electron chi connectivity index (χ4n) is 3.27. The first-order valence-electron chi connectivity index (χ1n) is 9.31. The van der Waals surface area contributed by atoms with Gasteiger partial charge in [-0.15, -0.1) is 11.3 Å². The Morgan fingerprint density at radius 2 is 1.89 bits per heavy atom. The summed E-state index contributed by atoms with van der Waals surface area (Å²) in [6.45, 7) is 9.89. The molecule has 8 heteroatoms. The van der Waals surface area contributed by atoms with Crippen molar-refractivity contribution in [3.63, 3.8) is 0 Å². The van der Waals surface area contributed by atoms with Gasteiger partial charge in [0.05, 0.1) is 10.6 Å². The van der Waals surface area contributed by atoms with Crippen molar-refractivity contribution in [1.29, 1.82) is 0 Å². The zero-order chi connectivity index (χ0) is 20.4. The molecule has 2 N–H and O–H groups in total. The number of nitrogens with zero attached hydrogens (tertiary/aromatic N) is 3. The molecule has 148 valence electrons. The molecule has 0 radical (unpaired) electrons. The van der Waals surface area contributed by atoms with Crippen LogP contribution in [0, 0.1) is 27.7 Å². The molecule has 3 rings (SSSR count). The van der Waals surface area contributed by atoms with Crippen LogP contribution in [0.2, 0.25) is 0 Å². The van der Waals surface area contributed by atoms with Crippen LogP contribution >= 0.6 is 11.3 Å². The van der Waals surface area contributed by atoms with Crippen LogP contribution in [0.25, 0.3) is 5.65 Å². The molecule has 28 heavy (non-hydrogen) atoms. The molecule has 0 saturated heterocycles. The Bertz CT molecular complexity index is 1050. The molecule has 0 aliphatic carbocycles. The highest BCUT2D eigenvalue weighted by atomic mass is 32.1. The number of fused-ring (bicyclic) bond motifs is 1. The van der Waals surface area contributed by atoms with E-state index >= 15 is 0 Å². The zero-order valence-corrected chi connectivity index (χ0v) is 17.7. The highest BCUT2D eigenvalue weighted by Crippen LogP contribution is 2.22. The summed E-state index contributed by atoms with van der Waals surface area (Å²) < 4.78 is 1.81. The number of amides is 2. The van der Waals surface area contributed by atoms with Gasteiger partial charge < -0.3 is 0 Å². The molecular formula is C20H25N5O2S. The lowest BCUT2D eigenvalue weighted by Gasteiger charge is -2.11. The van der Waals surface area contributed by atoms with Crippen LogP contribution in [0.3, 0.4) is 0 Å². The molecule has 3 aromatic heterocycles. The van der Waals surface area contributed by atoms with Crippen LogP contribution in [0.5, 0.6) is 0 Å². The van der Waals surface area contributed by atoms with Crippen LogP contribution in [-0.4, -0.2) is 26.4 Å². The fourth-order valence-corrected chi connectivity index (χ4v) is 4.28. The minimum absolute atomic E-state index is 0.243. The predicted octanol–water partition coefficient (Wildman–Crippen LogP) is 2.98. The minimum Gasteiger partial charge on any atom is -0.273 e. The van der Waals surface area contributed by atoms with Crippen molar-refractivity contribution in [1.82, 2.24) is 25.4 Å². The van der Waals surface area contributed by atoms with E-state index in [0.717, 1.165) is 40.3 Å². The van der Waals surface area contributed by atoms with Gasteiger partial charge in [-0.2, -0.15) is 5.10 Å². The maximum absolute atomic E-state index is 12.2. The van der Waals surface area contributed by atoms with Gasteiger partial charge in [-0.05, 0) is 57.7 Å². The summed E-state index contributed by atoms with van der Waals surface area (Å²) in [4.78, 5) is 30.8. The third-order valence-corrected chi connectivity index (χ3v) is 6.15. The van der Waals surface area contributed by atoms with Crippen molar-refractivity contribution in [2.24, 2.45) is 0 Å². The molecule has 2 amide bonds. The minimum atomic E-state index is -0.288. The number of hydrogen-bond acceptors (Lipinski definition) is 5. The lowest BCUT2D eigenvalue weighted by molar-refractivity contribution is -0.121. The van der Waals surface area contributed by atoms with Gasteiger partial charge in [-0.1, -0.05) is 6.92 Å². The van der Waals surface area contributed by atoms with Crippen molar-refractivity contribution in [2.45, 2.75) is 53.9 Å². The third-order valence-electron chi connectivity index (χ3n) is 4.77. The summed E-state index contributed by atoms with van der Waals surface area (Å²) in [6, 6.07) is 3.78. The summed E-state index contributed by atoms with van der Waals surface area (Å²) in [7, 11) is 0. The molecule has 0 atom stereocenters. The number of hydrazine groups is 1. The number of thiophene rings is 1. The average Bonchev–Trinajstić information content (AvgIpc) is 3.21. The van der Waals surface area contributed by atoms with Gasteiger partial charge in [0.15, 0.2) is 5.65 Å². The van der Waals surface area contributed by atoms with Gasteiger partial charge in [-0.3, -0.25) is 20.4 Å². The molecule has 7 nitrogen and oxygen atoms in total. The molecule has 0 aromatic carbocycles. The van der Waals surface area contributed by atoms with Gasteiger partial charge in [0.25, 0.3) is 5.91 Å². The van der Waals surface area contributed by atoms with E-state index in [2.05, 4.69) is 27.9 Å². The van der Waals surface area contributed by atoms with E-state index in [1.165, 1.54) is 16.2 Å². The second kappa shape index (κ2) is 8.10. The summed E-state index contributed by atoms with van der Waals surface area (Å²) >= 11 is 1.46. The molecule has 0 aliphatic rings. The molecule has 0 unspecified atom stereocenters. The molecule has 0 aliphatic heterocycles. The summed E-state index contributed by atoms with van der Waals surface area (Å²) in [5.74, 6) is -0.531. The van der Waals surface area contributed by atoms with E-state index in [9.17, 15) is 9.59 Å². The maximum atomic E-state index is 12.2. The lowest BCUT2D eigenvalue weighted by Crippen LogP contribution is -2.41. The normalized spacial score (nSPS) is 11.0. The Kier molecular flexibility index (Phi) is 5.79. The van der Waals surface area contributed by atoms with Crippen molar-refractivity contribution < 1.29 is 9.59 Å². The molecule has 3 heterocycles. The highest BCUT2D eigenvalue weighted by molar-refractivity contribution is 7.14. The van der Waals surface area contributed by atoms with Gasteiger partial charge in [0, 0.05) is 28.8 Å². The van der Waals surface area contributed by atoms with E-state index in [-0.39, 0.29) is 18.2 Å². The van der Waals surface area contributed by atoms with Crippen LogP contribution in [-0.2, 0) is 17.6 Å². The highest BCUT2D eigenvalue weighted by Gasteiger charge is 2.15. The first-order chi connectivity index (χ1) is 13.3. The van der Waals surface area contributed by atoms with Crippen LogP contribution < -0.4 is 10.9 Å². The summed E-state index contributed by atoms with van der Waals surface area (Å²) in [5.41, 5.74) is 10.7. The Morgan fingerprint density at radius 3 is 2.57 bits per heavy atom. The molecule has 0 spiro atoms. The Balaban J connectivity index is 1.60. The third kappa shape index (κ3) is 4.06. The van der Waals surface area contributed by atoms with Crippen LogP contribution in [0.4, 0.5) is 0 Å². The number of hydrogen-bond donors (Lipinski definition) is 2. The Hall–Kier alpha value is -2.74. The molecule has 0 fully saturated rings. The van der Waals surface area contributed by atoms with Crippen molar-refractivity contribution >= 4 is 28.8 Å². The summed E-state index contributed by atoms with van der Waals surface area (Å²) in [5, 5.41) is 4.45. The van der Waals surface area contributed by atoms with Crippen molar-refractivity contribution in [3.05, 3.63) is 50.1 Å². The van der Waals surface area contributed by atoms with Crippen LogP contribution in [0.15, 0.2) is 12.1 Å². The van der Waals surface area contributed by atoms with Gasteiger partial charge in [0.1, 0.15) is 0 Å². The number of nitrogens with one attached hydrogen (secondary N) is 2. The standard InChI is InChI=1S/C20H25N5O2S/c1-6-16-11(2)9-17(28-16)20(27)23-22-19(26)8-7-15-13(4)21-18-10-12(3)24-25(18)14(15)5/h9-10H,6-8H2,1-5H3,(H,22,26)(H,23,27). The molecule has 0 bridgehead atoms. The average molecular weight is 400 g/mol. The fraction of sp³-hybridized carbons (Fsp3) is 0.400. The number of aromatic nitrogens is 3. The van der Waals surface area contributed by atoms with E-state index in [4.69, 9.17) is 0 Å². The quantitative estimate of drug-likeness (QED) is 0.646. The Labute approximate surface area is 168 Å². The summed E-state index contributed by atoms with van der Waals surface area (Å²) in [6.07, 6.45) is 1.67. The largest absolute Gasteiger partial charge is 0.279 e.